The second-order valence-electron chi connectivity index (χ2n) is 6.13. The molecule has 3 aromatic carbocycles. The molecule has 0 radical (unpaired) electrons. The minimum Gasteiger partial charge on any atom is -0.436 e. The number of halogens is 2. The van der Waals surface area contributed by atoms with Gasteiger partial charge < -0.3 is 9.73 Å². The normalized spacial score (nSPS) is 10.7. The highest BCUT2D eigenvalue weighted by atomic mass is 127. The molecule has 0 spiro atoms. The van der Waals surface area contributed by atoms with Crippen LogP contribution in [-0.2, 0) is 0 Å². The fourth-order valence-corrected chi connectivity index (χ4v) is 3.47. The van der Waals surface area contributed by atoms with E-state index in [0.717, 1.165) is 15.2 Å². The molecule has 2 N–H and O–H groups in total. The van der Waals surface area contributed by atoms with E-state index in [1.165, 1.54) is 18.2 Å². The molecular weight excluding hydrogens is 504 g/mol. The summed E-state index contributed by atoms with van der Waals surface area (Å²) in [5, 5.41) is 5.55. The average molecular weight is 517 g/mol. The summed E-state index contributed by atoms with van der Waals surface area (Å²) < 4.78 is 20.2. The van der Waals surface area contributed by atoms with E-state index >= 15 is 0 Å². The van der Waals surface area contributed by atoms with Crippen molar-refractivity contribution in [2.24, 2.45) is 0 Å². The van der Waals surface area contributed by atoms with Crippen LogP contribution in [0, 0.1) is 9.39 Å². The van der Waals surface area contributed by atoms with Crippen LogP contribution < -0.4 is 10.6 Å². The predicted octanol–water partition coefficient (Wildman–Crippen LogP) is 5.37. The van der Waals surface area contributed by atoms with E-state index < -0.39 is 11.7 Å². The molecule has 0 aliphatic heterocycles. The van der Waals surface area contributed by atoms with Gasteiger partial charge in [0.1, 0.15) is 11.3 Å². The number of carbonyl (C=O) groups excluding carboxylic acids is 1. The van der Waals surface area contributed by atoms with E-state index in [1.54, 1.807) is 18.2 Å². The number of anilines is 1. The Balaban J connectivity index is 1.49. The average Bonchev–Trinajstić information content (AvgIpc) is 3.11. The molecule has 1 amide bonds. The molecule has 144 valence electrons. The summed E-state index contributed by atoms with van der Waals surface area (Å²) in [5.41, 5.74) is 3.01. The van der Waals surface area contributed by atoms with E-state index in [-0.39, 0.29) is 10.7 Å². The highest BCUT2D eigenvalue weighted by Crippen LogP contribution is 2.27. The molecule has 5 nitrogen and oxygen atoms in total. The number of nitrogens with zero attached hydrogens (tertiary/aromatic N) is 1. The maximum absolute atomic E-state index is 13.3. The Morgan fingerprint density at radius 1 is 1.07 bits per heavy atom. The summed E-state index contributed by atoms with van der Waals surface area (Å²) >= 11 is 7.42. The number of aromatic nitrogens is 1. The Morgan fingerprint density at radius 3 is 2.69 bits per heavy atom. The van der Waals surface area contributed by atoms with Gasteiger partial charge in [-0.15, -0.1) is 0 Å². The summed E-state index contributed by atoms with van der Waals surface area (Å²) in [4.78, 5) is 16.7. The molecule has 0 fully saturated rings. The standard InChI is InChI=1S/C21H13FIN3O2S/c22-14-5-1-3-12(9-14)19(27)26-21(29)24-16-7-8-18-17(11-16)25-20(28-18)13-4-2-6-15(23)10-13/h1-11H,(H2,24,26,27,29). The summed E-state index contributed by atoms with van der Waals surface area (Å²) in [5.74, 6) is -0.458. The third-order valence-electron chi connectivity index (χ3n) is 4.03. The molecule has 1 aromatic heterocycles. The molecule has 0 aliphatic rings. The highest BCUT2D eigenvalue weighted by molar-refractivity contribution is 14.1. The maximum atomic E-state index is 13.3. The number of fused-ring (bicyclic) bond motifs is 1. The summed E-state index contributed by atoms with van der Waals surface area (Å²) in [7, 11) is 0. The molecule has 4 aromatic rings. The Labute approximate surface area is 184 Å². The molecule has 0 atom stereocenters. The lowest BCUT2D eigenvalue weighted by Crippen LogP contribution is -2.34. The molecule has 1 heterocycles. The zero-order valence-electron chi connectivity index (χ0n) is 14.8. The van der Waals surface area contributed by atoms with E-state index in [1.807, 2.05) is 24.3 Å². The minimum atomic E-state index is -0.495. The number of amides is 1. The monoisotopic (exact) mass is 517 g/mol. The summed E-state index contributed by atoms with van der Waals surface area (Å²) in [6.07, 6.45) is 0. The molecule has 29 heavy (non-hydrogen) atoms. The van der Waals surface area contributed by atoms with E-state index in [2.05, 4.69) is 38.2 Å². The first-order valence-electron chi connectivity index (χ1n) is 8.52. The Morgan fingerprint density at radius 2 is 1.90 bits per heavy atom. The maximum Gasteiger partial charge on any atom is 0.257 e. The summed E-state index contributed by atoms with van der Waals surface area (Å²) in [6, 6.07) is 18.6. The van der Waals surface area contributed by atoms with Gasteiger partial charge in [0.25, 0.3) is 5.91 Å². The first-order valence-corrected chi connectivity index (χ1v) is 10.0. The molecule has 0 aliphatic carbocycles. The minimum absolute atomic E-state index is 0.0972. The lowest BCUT2D eigenvalue weighted by atomic mass is 10.2. The van der Waals surface area contributed by atoms with Crippen molar-refractivity contribution in [3.63, 3.8) is 0 Å². The van der Waals surface area contributed by atoms with Crippen LogP contribution in [0.4, 0.5) is 10.1 Å². The van der Waals surface area contributed by atoms with Crippen LogP contribution in [0.5, 0.6) is 0 Å². The van der Waals surface area contributed by atoms with Crippen LogP contribution in [0.2, 0.25) is 0 Å². The van der Waals surface area contributed by atoms with E-state index in [4.69, 9.17) is 16.6 Å². The zero-order chi connectivity index (χ0) is 20.4. The van der Waals surface area contributed by atoms with Crippen LogP contribution in [0.15, 0.2) is 71.1 Å². The molecule has 0 saturated heterocycles. The van der Waals surface area contributed by atoms with Gasteiger partial charge >= 0.3 is 0 Å². The van der Waals surface area contributed by atoms with Crippen LogP contribution in [0.1, 0.15) is 10.4 Å². The number of oxazole rings is 1. The van der Waals surface area contributed by atoms with Crippen molar-refractivity contribution in [1.82, 2.24) is 10.3 Å². The molecule has 0 unspecified atom stereocenters. The number of hydrogen-bond acceptors (Lipinski definition) is 4. The predicted molar refractivity (Wildman–Crippen MR) is 122 cm³/mol. The number of rotatable bonds is 3. The SMILES string of the molecule is O=C(NC(=S)Nc1ccc2oc(-c3cccc(I)c3)nc2c1)c1cccc(F)c1. The van der Waals surface area contributed by atoms with Crippen molar-refractivity contribution in [2.75, 3.05) is 5.32 Å². The van der Waals surface area contributed by atoms with Gasteiger partial charge in [-0.05, 0) is 89.4 Å². The second kappa shape index (κ2) is 8.26. The fourth-order valence-electron chi connectivity index (χ4n) is 2.72. The molecule has 0 saturated carbocycles. The smallest absolute Gasteiger partial charge is 0.257 e. The Hall–Kier alpha value is -2.85. The summed E-state index contributed by atoms with van der Waals surface area (Å²) in [6.45, 7) is 0. The number of benzene rings is 3. The molecular formula is C21H13FIN3O2S. The number of nitrogens with one attached hydrogen (secondary N) is 2. The van der Waals surface area contributed by atoms with Crippen molar-refractivity contribution < 1.29 is 13.6 Å². The lowest BCUT2D eigenvalue weighted by molar-refractivity contribution is 0.0977. The van der Waals surface area contributed by atoms with Crippen molar-refractivity contribution >= 4 is 62.6 Å². The van der Waals surface area contributed by atoms with Gasteiger partial charge in [0.2, 0.25) is 5.89 Å². The first kappa shape index (κ1) is 19.5. The number of thiocarbonyl (C=S) groups is 1. The largest absolute Gasteiger partial charge is 0.436 e. The third-order valence-corrected chi connectivity index (χ3v) is 4.91. The van der Waals surface area contributed by atoms with Crippen molar-refractivity contribution in [3.05, 3.63) is 81.7 Å². The Kier molecular flexibility index (Phi) is 5.54. The van der Waals surface area contributed by atoms with Gasteiger partial charge in [-0.25, -0.2) is 9.37 Å². The third kappa shape index (κ3) is 4.60. The second-order valence-corrected chi connectivity index (χ2v) is 7.78. The number of hydrogen-bond donors (Lipinski definition) is 2. The van der Waals surface area contributed by atoms with Crippen LogP contribution in [0.3, 0.4) is 0 Å². The first-order chi connectivity index (χ1) is 14.0. The van der Waals surface area contributed by atoms with Crippen LogP contribution in [-0.4, -0.2) is 16.0 Å². The molecule has 0 bridgehead atoms. The van der Waals surface area contributed by atoms with Gasteiger partial charge in [-0.1, -0.05) is 12.1 Å². The number of carbonyl (C=O) groups is 1. The molecule has 8 heteroatoms. The zero-order valence-corrected chi connectivity index (χ0v) is 17.8. The lowest BCUT2D eigenvalue weighted by Gasteiger charge is -2.09. The van der Waals surface area contributed by atoms with E-state index in [0.29, 0.717) is 22.7 Å². The Bertz CT molecular complexity index is 1240. The van der Waals surface area contributed by atoms with Crippen molar-refractivity contribution in [1.29, 1.82) is 0 Å². The van der Waals surface area contributed by atoms with Gasteiger partial charge in [0, 0.05) is 20.4 Å². The topological polar surface area (TPSA) is 67.2 Å². The van der Waals surface area contributed by atoms with Gasteiger partial charge in [0.15, 0.2) is 10.7 Å². The fraction of sp³-hybridized carbons (Fsp3) is 0. The van der Waals surface area contributed by atoms with E-state index in [9.17, 15) is 9.18 Å². The van der Waals surface area contributed by atoms with Crippen LogP contribution >= 0.6 is 34.8 Å². The van der Waals surface area contributed by atoms with Gasteiger partial charge in [-0.3, -0.25) is 10.1 Å². The van der Waals surface area contributed by atoms with Crippen molar-refractivity contribution in [2.45, 2.75) is 0 Å². The quantitative estimate of drug-likeness (QED) is 0.283. The highest BCUT2D eigenvalue weighted by Gasteiger charge is 2.11. The van der Waals surface area contributed by atoms with Crippen molar-refractivity contribution in [3.8, 4) is 11.5 Å². The van der Waals surface area contributed by atoms with Gasteiger partial charge in [-0.2, -0.15) is 0 Å². The molecule has 4 rings (SSSR count). The van der Waals surface area contributed by atoms with Gasteiger partial charge in [0.05, 0.1) is 0 Å². The van der Waals surface area contributed by atoms with Crippen LogP contribution in [0.25, 0.3) is 22.6 Å².